The van der Waals surface area contributed by atoms with Crippen LogP contribution in [0.1, 0.15) is 17.5 Å². The van der Waals surface area contributed by atoms with Gasteiger partial charge in [-0.1, -0.05) is 51.5 Å². The van der Waals surface area contributed by atoms with E-state index in [1.807, 2.05) is 36.5 Å². The van der Waals surface area contributed by atoms with Crippen LogP contribution in [-0.2, 0) is 11.2 Å². The lowest BCUT2D eigenvalue weighted by Gasteiger charge is -2.14. The highest BCUT2D eigenvalue weighted by molar-refractivity contribution is 9.09. The standard InChI is InChI=1S/C12H14BrN3O/c1-17-12(10-5-3-2-4-6-10)16-9-11(7-8-13)14-15-16/h2-6,9,12H,7-8H2,1H3/t12-/m0/s1. The van der Waals surface area contributed by atoms with Crippen molar-refractivity contribution in [2.45, 2.75) is 12.6 Å². The van der Waals surface area contributed by atoms with Crippen molar-refractivity contribution in [3.8, 4) is 0 Å². The lowest BCUT2D eigenvalue weighted by atomic mass is 10.2. The van der Waals surface area contributed by atoms with E-state index in [2.05, 4.69) is 26.2 Å². The predicted molar refractivity (Wildman–Crippen MR) is 69.1 cm³/mol. The molecule has 1 aromatic carbocycles. The van der Waals surface area contributed by atoms with Gasteiger partial charge in [-0.25, -0.2) is 4.68 Å². The quantitative estimate of drug-likeness (QED) is 0.795. The predicted octanol–water partition coefficient (Wildman–Crippen LogP) is 2.41. The summed E-state index contributed by atoms with van der Waals surface area (Å²) in [5.41, 5.74) is 2.02. The van der Waals surface area contributed by atoms with Gasteiger partial charge in [0.1, 0.15) is 0 Å². The van der Waals surface area contributed by atoms with Gasteiger partial charge in [0, 0.05) is 24.4 Å². The van der Waals surface area contributed by atoms with Crippen LogP contribution in [0.5, 0.6) is 0 Å². The Balaban J connectivity index is 2.23. The minimum absolute atomic E-state index is 0.215. The Bertz CT molecular complexity index is 458. The highest BCUT2D eigenvalue weighted by Crippen LogP contribution is 2.17. The van der Waals surface area contributed by atoms with E-state index in [0.29, 0.717) is 0 Å². The average Bonchev–Trinajstić information content (AvgIpc) is 2.81. The monoisotopic (exact) mass is 295 g/mol. The zero-order chi connectivity index (χ0) is 12.1. The Labute approximate surface area is 109 Å². The van der Waals surface area contributed by atoms with E-state index in [9.17, 15) is 0 Å². The van der Waals surface area contributed by atoms with Crippen LogP contribution in [0.2, 0.25) is 0 Å². The SMILES string of the molecule is CO[C@@H](c1ccccc1)n1cc(CCBr)nn1. The Kier molecular flexibility index (Phi) is 4.28. The number of aromatic nitrogens is 3. The maximum absolute atomic E-state index is 5.46. The minimum atomic E-state index is -0.215. The maximum Gasteiger partial charge on any atom is 0.177 e. The first-order valence-electron chi connectivity index (χ1n) is 5.39. The summed E-state index contributed by atoms with van der Waals surface area (Å²) >= 11 is 3.39. The van der Waals surface area contributed by atoms with Crippen LogP contribution in [-0.4, -0.2) is 27.4 Å². The lowest BCUT2D eigenvalue weighted by Crippen LogP contribution is -2.13. The molecule has 0 unspecified atom stereocenters. The summed E-state index contributed by atoms with van der Waals surface area (Å²) in [6, 6.07) is 9.98. The topological polar surface area (TPSA) is 39.9 Å². The third-order valence-corrected chi connectivity index (χ3v) is 2.85. The molecule has 0 N–H and O–H groups in total. The molecule has 0 aliphatic carbocycles. The molecule has 0 aliphatic heterocycles. The van der Waals surface area contributed by atoms with Gasteiger partial charge in [-0.2, -0.15) is 0 Å². The summed E-state index contributed by atoms with van der Waals surface area (Å²) in [6.07, 6.45) is 2.57. The van der Waals surface area contributed by atoms with Crippen LogP contribution < -0.4 is 0 Å². The highest BCUT2D eigenvalue weighted by Gasteiger charge is 2.14. The molecule has 0 bridgehead atoms. The number of rotatable bonds is 5. The second kappa shape index (κ2) is 5.93. The molecule has 1 atom stereocenters. The number of benzene rings is 1. The molecule has 0 amide bonds. The van der Waals surface area contributed by atoms with Crippen LogP contribution in [0.15, 0.2) is 36.5 Å². The molecule has 1 heterocycles. The number of methoxy groups -OCH3 is 1. The van der Waals surface area contributed by atoms with Gasteiger partial charge in [-0.15, -0.1) is 5.10 Å². The number of alkyl halides is 1. The minimum Gasteiger partial charge on any atom is -0.355 e. The Morgan fingerprint density at radius 3 is 2.76 bits per heavy atom. The van der Waals surface area contributed by atoms with Crippen LogP contribution in [0.3, 0.4) is 0 Å². The van der Waals surface area contributed by atoms with Crippen molar-refractivity contribution in [1.29, 1.82) is 0 Å². The molecule has 0 aliphatic rings. The lowest BCUT2D eigenvalue weighted by molar-refractivity contribution is 0.0665. The smallest absolute Gasteiger partial charge is 0.177 e. The average molecular weight is 296 g/mol. The summed E-state index contributed by atoms with van der Waals surface area (Å²) in [5, 5.41) is 9.09. The normalized spacial score (nSPS) is 12.6. The van der Waals surface area contributed by atoms with Crippen LogP contribution in [0.25, 0.3) is 0 Å². The van der Waals surface area contributed by atoms with Crippen molar-refractivity contribution in [2.75, 3.05) is 12.4 Å². The second-order valence-electron chi connectivity index (χ2n) is 3.63. The molecule has 90 valence electrons. The van der Waals surface area contributed by atoms with Crippen molar-refractivity contribution in [2.24, 2.45) is 0 Å². The molecule has 4 nitrogen and oxygen atoms in total. The van der Waals surface area contributed by atoms with Crippen LogP contribution in [0.4, 0.5) is 0 Å². The fraction of sp³-hybridized carbons (Fsp3) is 0.333. The second-order valence-corrected chi connectivity index (χ2v) is 4.42. The number of hydrogen-bond acceptors (Lipinski definition) is 3. The first-order valence-corrected chi connectivity index (χ1v) is 6.51. The number of nitrogens with zero attached hydrogens (tertiary/aromatic N) is 3. The molecule has 0 spiro atoms. The third-order valence-electron chi connectivity index (χ3n) is 2.46. The van der Waals surface area contributed by atoms with Gasteiger partial charge in [-0.05, 0) is 0 Å². The van der Waals surface area contributed by atoms with E-state index in [-0.39, 0.29) is 6.23 Å². The van der Waals surface area contributed by atoms with E-state index in [1.54, 1.807) is 11.8 Å². The van der Waals surface area contributed by atoms with Crippen LogP contribution in [0, 0.1) is 0 Å². The van der Waals surface area contributed by atoms with Crippen molar-refractivity contribution >= 4 is 15.9 Å². The molecule has 17 heavy (non-hydrogen) atoms. The van der Waals surface area contributed by atoms with Gasteiger partial charge >= 0.3 is 0 Å². The van der Waals surface area contributed by atoms with Crippen molar-refractivity contribution in [1.82, 2.24) is 15.0 Å². The number of halogens is 1. The molecular weight excluding hydrogens is 282 g/mol. The highest BCUT2D eigenvalue weighted by atomic mass is 79.9. The summed E-state index contributed by atoms with van der Waals surface area (Å²) in [5.74, 6) is 0. The molecule has 2 rings (SSSR count). The molecule has 1 aromatic heterocycles. The van der Waals surface area contributed by atoms with Gasteiger partial charge in [0.15, 0.2) is 6.23 Å². The first-order chi connectivity index (χ1) is 8.35. The van der Waals surface area contributed by atoms with Gasteiger partial charge in [0.25, 0.3) is 0 Å². The Morgan fingerprint density at radius 2 is 2.12 bits per heavy atom. The fourth-order valence-corrected chi connectivity index (χ4v) is 2.06. The Morgan fingerprint density at radius 1 is 1.35 bits per heavy atom. The molecule has 0 saturated heterocycles. The third kappa shape index (κ3) is 2.92. The van der Waals surface area contributed by atoms with E-state index in [4.69, 9.17) is 4.74 Å². The fourth-order valence-electron chi connectivity index (χ4n) is 1.65. The number of ether oxygens (including phenoxy) is 1. The van der Waals surface area contributed by atoms with Crippen LogP contribution >= 0.6 is 15.9 Å². The van der Waals surface area contributed by atoms with E-state index < -0.39 is 0 Å². The van der Waals surface area contributed by atoms with Crippen molar-refractivity contribution in [3.63, 3.8) is 0 Å². The van der Waals surface area contributed by atoms with Gasteiger partial charge in [-0.3, -0.25) is 0 Å². The summed E-state index contributed by atoms with van der Waals surface area (Å²) in [4.78, 5) is 0. The van der Waals surface area contributed by atoms with E-state index in [0.717, 1.165) is 23.0 Å². The van der Waals surface area contributed by atoms with Crippen molar-refractivity contribution in [3.05, 3.63) is 47.8 Å². The molecule has 0 fully saturated rings. The van der Waals surface area contributed by atoms with E-state index in [1.165, 1.54) is 0 Å². The number of aryl methyl sites for hydroxylation is 1. The summed E-state index contributed by atoms with van der Waals surface area (Å²) in [6.45, 7) is 0. The first kappa shape index (κ1) is 12.3. The summed E-state index contributed by atoms with van der Waals surface area (Å²) in [7, 11) is 1.67. The molecule has 5 heteroatoms. The van der Waals surface area contributed by atoms with Gasteiger partial charge in [0.2, 0.25) is 0 Å². The zero-order valence-corrected chi connectivity index (χ0v) is 11.2. The van der Waals surface area contributed by atoms with Gasteiger partial charge < -0.3 is 4.74 Å². The van der Waals surface area contributed by atoms with Gasteiger partial charge in [0.05, 0.1) is 11.9 Å². The molecule has 0 radical (unpaired) electrons. The molecule has 2 aromatic rings. The van der Waals surface area contributed by atoms with E-state index >= 15 is 0 Å². The largest absolute Gasteiger partial charge is 0.355 e. The summed E-state index contributed by atoms with van der Waals surface area (Å²) < 4.78 is 7.21. The maximum atomic E-state index is 5.46. The zero-order valence-electron chi connectivity index (χ0n) is 9.58. The van der Waals surface area contributed by atoms with Crippen molar-refractivity contribution < 1.29 is 4.74 Å². The molecule has 0 saturated carbocycles. The number of hydrogen-bond donors (Lipinski definition) is 0. The molecular formula is C12H14BrN3O. The Hall–Kier alpha value is -1.20.